The lowest BCUT2D eigenvalue weighted by molar-refractivity contribution is -0.137. The van der Waals surface area contributed by atoms with Gasteiger partial charge in [-0.3, -0.25) is 9.69 Å². The fraction of sp³-hybridized carbons (Fsp3) is 0.385. The van der Waals surface area contributed by atoms with Crippen LogP contribution in [0.15, 0.2) is 30.3 Å². The molecule has 1 aliphatic heterocycles. The van der Waals surface area contributed by atoms with E-state index in [-0.39, 0.29) is 18.4 Å². The van der Waals surface area contributed by atoms with Crippen LogP contribution in [-0.4, -0.2) is 30.3 Å². The van der Waals surface area contributed by atoms with E-state index in [1.54, 1.807) is 4.90 Å². The highest BCUT2D eigenvalue weighted by atomic mass is 16.6. The summed E-state index contributed by atoms with van der Waals surface area (Å²) < 4.78 is 5.08. The summed E-state index contributed by atoms with van der Waals surface area (Å²) in [5.41, 5.74) is 0.780. The minimum Gasteiger partial charge on any atom is -0.481 e. The molecule has 1 aromatic rings. The van der Waals surface area contributed by atoms with E-state index in [0.29, 0.717) is 19.6 Å². The standard InChI is InChI=1S/C13H15NO4/c15-12(16)7-6-10-8-14(13(17)18-9-10)11-4-2-1-3-5-11/h1-5,10H,6-9H2,(H,15,16). The maximum atomic E-state index is 11.7. The molecule has 0 saturated carbocycles. The number of cyclic esters (lactones) is 1. The van der Waals surface area contributed by atoms with Crippen molar-refractivity contribution >= 4 is 17.7 Å². The molecule has 1 fully saturated rings. The number of amides is 1. The van der Waals surface area contributed by atoms with E-state index in [2.05, 4.69) is 0 Å². The third kappa shape index (κ3) is 3.00. The van der Waals surface area contributed by atoms with Crippen molar-refractivity contribution in [3.8, 4) is 0 Å². The van der Waals surface area contributed by atoms with Crippen molar-refractivity contribution in [3.63, 3.8) is 0 Å². The number of para-hydroxylation sites is 1. The number of carboxylic acids is 1. The smallest absolute Gasteiger partial charge is 0.414 e. The summed E-state index contributed by atoms with van der Waals surface area (Å²) in [6, 6.07) is 9.25. The van der Waals surface area contributed by atoms with Crippen molar-refractivity contribution < 1.29 is 19.4 Å². The molecule has 2 rings (SSSR count). The van der Waals surface area contributed by atoms with Crippen molar-refractivity contribution in [2.24, 2.45) is 5.92 Å². The molecule has 5 nitrogen and oxygen atoms in total. The fourth-order valence-corrected chi connectivity index (χ4v) is 1.97. The second kappa shape index (κ2) is 5.53. The number of carboxylic acid groups (broad SMARTS) is 1. The highest BCUT2D eigenvalue weighted by Gasteiger charge is 2.28. The summed E-state index contributed by atoms with van der Waals surface area (Å²) in [5.74, 6) is -0.753. The van der Waals surface area contributed by atoms with Gasteiger partial charge in [0.1, 0.15) is 0 Å². The van der Waals surface area contributed by atoms with E-state index in [0.717, 1.165) is 5.69 Å². The van der Waals surface area contributed by atoms with Gasteiger partial charge >= 0.3 is 12.1 Å². The minimum absolute atomic E-state index is 0.0685. The molecular weight excluding hydrogens is 234 g/mol. The van der Waals surface area contributed by atoms with Gasteiger partial charge in [-0.2, -0.15) is 0 Å². The molecule has 96 valence electrons. The molecular formula is C13H15NO4. The lowest BCUT2D eigenvalue weighted by Crippen LogP contribution is -2.43. The van der Waals surface area contributed by atoms with Crippen LogP contribution in [0, 0.1) is 5.92 Å². The van der Waals surface area contributed by atoms with Crippen LogP contribution in [0.4, 0.5) is 10.5 Å². The van der Waals surface area contributed by atoms with Crippen molar-refractivity contribution in [2.75, 3.05) is 18.1 Å². The lowest BCUT2D eigenvalue weighted by Gasteiger charge is -2.32. The van der Waals surface area contributed by atoms with Gasteiger partial charge in [-0.05, 0) is 18.6 Å². The number of rotatable bonds is 4. The summed E-state index contributed by atoms with van der Waals surface area (Å²) in [7, 11) is 0. The summed E-state index contributed by atoms with van der Waals surface area (Å²) in [5, 5.41) is 8.66. The van der Waals surface area contributed by atoms with Crippen LogP contribution < -0.4 is 4.90 Å². The predicted octanol–water partition coefficient (Wildman–Crippen LogP) is 2.12. The van der Waals surface area contributed by atoms with Crippen LogP contribution in [0.1, 0.15) is 12.8 Å². The van der Waals surface area contributed by atoms with Gasteiger partial charge in [0.05, 0.1) is 6.61 Å². The van der Waals surface area contributed by atoms with Gasteiger partial charge in [0.25, 0.3) is 0 Å². The molecule has 5 heteroatoms. The Balaban J connectivity index is 2.01. The molecule has 0 bridgehead atoms. The Bertz CT molecular complexity index is 432. The first-order valence-electron chi connectivity index (χ1n) is 5.88. The number of ether oxygens (including phenoxy) is 1. The molecule has 1 aromatic carbocycles. The van der Waals surface area contributed by atoms with Crippen molar-refractivity contribution in [2.45, 2.75) is 12.8 Å². The Morgan fingerprint density at radius 2 is 2.11 bits per heavy atom. The van der Waals surface area contributed by atoms with Gasteiger partial charge in [-0.1, -0.05) is 18.2 Å². The molecule has 0 aromatic heterocycles. The summed E-state index contributed by atoms with van der Waals surface area (Å²) in [6.45, 7) is 0.811. The zero-order valence-corrected chi connectivity index (χ0v) is 9.91. The molecule has 0 aliphatic carbocycles. The quantitative estimate of drug-likeness (QED) is 0.887. The van der Waals surface area contributed by atoms with Crippen LogP contribution >= 0.6 is 0 Å². The molecule has 1 N–H and O–H groups in total. The first kappa shape index (κ1) is 12.4. The molecule has 1 unspecified atom stereocenters. The van der Waals surface area contributed by atoms with Gasteiger partial charge in [0.2, 0.25) is 0 Å². The van der Waals surface area contributed by atoms with Crippen LogP contribution in [0.5, 0.6) is 0 Å². The van der Waals surface area contributed by atoms with E-state index in [4.69, 9.17) is 9.84 Å². The van der Waals surface area contributed by atoms with E-state index in [1.165, 1.54) is 0 Å². The molecule has 1 heterocycles. The minimum atomic E-state index is -0.821. The Hall–Kier alpha value is -2.04. The van der Waals surface area contributed by atoms with Gasteiger partial charge in [-0.25, -0.2) is 4.79 Å². The van der Waals surface area contributed by atoms with Gasteiger partial charge < -0.3 is 9.84 Å². The summed E-state index contributed by atoms with van der Waals surface area (Å²) >= 11 is 0. The number of aliphatic carboxylic acids is 1. The fourth-order valence-electron chi connectivity index (χ4n) is 1.97. The Morgan fingerprint density at radius 3 is 2.78 bits per heavy atom. The maximum Gasteiger partial charge on any atom is 0.414 e. The summed E-state index contributed by atoms with van der Waals surface area (Å²) in [4.78, 5) is 23.8. The molecule has 0 radical (unpaired) electrons. The lowest BCUT2D eigenvalue weighted by atomic mass is 10.0. The molecule has 1 atom stereocenters. The number of carbonyl (C=O) groups excluding carboxylic acids is 1. The van der Waals surface area contributed by atoms with E-state index >= 15 is 0 Å². The number of hydrogen-bond acceptors (Lipinski definition) is 3. The zero-order chi connectivity index (χ0) is 13.0. The van der Waals surface area contributed by atoms with Gasteiger partial charge in [-0.15, -0.1) is 0 Å². The van der Waals surface area contributed by atoms with Gasteiger partial charge in [0.15, 0.2) is 0 Å². The first-order chi connectivity index (χ1) is 8.66. The topological polar surface area (TPSA) is 66.8 Å². The van der Waals surface area contributed by atoms with E-state index in [1.807, 2.05) is 30.3 Å². The second-order valence-corrected chi connectivity index (χ2v) is 4.32. The van der Waals surface area contributed by atoms with Crippen LogP contribution in [0.25, 0.3) is 0 Å². The Kier molecular flexibility index (Phi) is 3.82. The number of nitrogens with zero attached hydrogens (tertiary/aromatic N) is 1. The van der Waals surface area contributed by atoms with Crippen LogP contribution in [0.2, 0.25) is 0 Å². The van der Waals surface area contributed by atoms with Crippen LogP contribution in [0.3, 0.4) is 0 Å². The third-order valence-electron chi connectivity index (χ3n) is 2.94. The zero-order valence-electron chi connectivity index (χ0n) is 9.91. The Morgan fingerprint density at radius 1 is 1.39 bits per heavy atom. The molecule has 1 amide bonds. The number of carbonyl (C=O) groups is 2. The van der Waals surface area contributed by atoms with Crippen LogP contribution in [-0.2, 0) is 9.53 Å². The maximum absolute atomic E-state index is 11.7. The molecule has 1 aliphatic rings. The average molecular weight is 249 g/mol. The highest BCUT2D eigenvalue weighted by molar-refractivity contribution is 5.88. The Labute approximate surface area is 105 Å². The third-order valence-corrected chi connectivity index (χ3v) is 2.94. The van der Waals surface area contributed by atoms with Crippen molar-refractivity contribution in [3.05, 3.63) is 30.3 Å². The number of anilines is 1. The highest BCUT2D eigenvalue weighted by Crippen LogP contribution is 2.22. The normalized spacial score (nSPS) is 19.4. The second-order valence-electron chi connectivity index (χ2n) is 4.32. The molecule has 18 heavy (non-hydrogen) atoms. The van der Waals surface area contributed by atoms with E-state index < -0.39 is 5.97 Å². The summed E-state index contributed by atoms with van der Waals surface area (Å²) in [6.07, 6.45) is 0.254. The van der Waals surface area contributed by atoms with Gasteiger partial charge in [0, 0.05) is 24.6 Å². The number of hydrogen-bond donors (Lipinski definition) is 1. The predicted molar refractivity (Wildman–Crippen MR) is 65.5 cm³/mol. The average Bonchev–Trinajstić information content (AvgIpc) is 2.38. The van der Waals surface area contributed by atoms with Crippen molar-refractivity contribution in [1.29, 1.82) is 0 Å². The molecule has 0 spiro atoms. The largest absolute Gasteiger partial charge is 0.481 e. The van der Waals surface area contributed by atoms with Crippen molar-refractivity contribution in [1.82, 2.24) is 0 Å². The van der Waals surface area contributed by atoms with E-state index in [9.17, 15) is 9.59 Å². The number of benzene rings is 1. The monoisotopic (exact) mass is 249 g/mol. The SMILES string of the molecule is O=C(O)CCC1COC(=O)N(c2ccccc2)C1. The molecule has 1 saturated heterocycles. The first-order valence-corrected chi connectivity index (χ1v) is 5.88.